The van der Waals surface area contributed by atoms with E-state index in [0.29, 0.717) is 0 Å². The van der Waals surface area contributed by atoms with Crippen LogP contribution >= 0.6 is 0 Å². The van der Waals surface area contributed by atoms with Crippen LogP contribution in [-0.4, -0.2) is 28.7 Å². The minimum absolute atomic E-state index is 0.0873. The van der Waals surface area contributed by atoms with Crippen molar-refractivity contribution in [1.29, 1.82) is 0 Å². The van der Waals surface area contributed by atoms with E-state index in [9.17, 15) is 9.59 Å². The topological polar surface area (TPSA) is 101 Å². The Hall–Kier alpha value is -2.32. The molecule has 0 saturated heterocycles. The largest absolute Gasteiger partial charge is 0.478 e. The summed E-state index contributed by atoms with van der Waals surface area (Å²) in [5, 5.41) is 17.6. The summed E-state index contributed by atoms with van der Waals surface area (Å²) in [5.41, 5.74) is 5.19. The van der Waals surface area contributed by atoms with E-state index in [0.717, 1.165) is 6.07 Å². The zero-order valence-electron chi connectivity index (χ0n) is 8.23. The molecule has 0 aromatic heterocycles. The molecule has 16 heavy (non-hydrogen) atoms. The van der Waals surface area contributed by atoms with Crippen LogP contribution in [0.2, 0.25) is 0 Å². The normalized spacial score (nSPS) is 9.06. The van der Waals surface area contributed by atoms with Crippen molar-refractivity contribution in [1.82, 2.24) is 0 Å². The SMILES string of the molecule is NCC#Cc1ccc(C(=O)O)cc1C(=O)O. The van der Waals surface area contributed by atoms with Crippen LogP contribution in [0.5, 0.6) is 0 Å². The van der Waals surface area contributed by atoms with Crippen molar-refractivity contribution >= 4 is 11.9 Å². The third-order valence-electron chi connectivity index (χ3n) is 1.82. The number of rotatable bonds is 2. The van der Waals surface area contributed by atoms with E-state index in [-0.39, 0.29) is 23.2 Å². The van der Waals surface area contributed by atoms with Gasteiger partial charge in [0.25, 0.3) is 0 Å². The second-order valence-electron chi connectivity index (χ2n) is 2.88. The molecule has 4 N–H and O–H groups in total. The van der Waals surface area contributed by atoms with Gasteiger partial charge in [-0.05, 0) is 18.2 Å². The first-order valence-electron chi connectivity index (χ1n) is 4.36. The van der Waals surface area contributed by atoms with Crippen molar-refractivity contribution in [3.8, 4) is 11.8 Å². The van der Waals surface area contributed by atoms with Crippen LogP contribution in [0.1, 0.15) is 26.3 Å². The maximum Gasteiger partial charge on any atom is 0.336 e. The van der Waals surface area contributed by atoms with Gasteiger partial charge in [0.15, 0.2) is 0 Å². The molecule has 0 bridgehead atoms. The lowest BCUT2D eigenvalue weighted by Crippen LogP contribution is -2.05. The molecule has 82 valence electrons. The number of aromatic carboxylic acids is 2. The Balaban J connectivity index is 3.30. The fraction of sp³-hybridized carbons (Fsp3) is 0.0909. The highest BCUT2D eigenvalue weighted by atomic mass is 16.4. The van der Waals surface area contributed by atoms with Gasteiger partial charge in [-0.15, -0.1) is 0 Å². The molecule has 1 aromatic carbocycles. The number of carboxylic acids is 2. The van der Waals surface area contributed by atoms with E-state index in [4.69, 9.17) is 15.9 Å². The summed E-state index contributed by atoms with van der Waals surface area (Å²) in [5.74, 6) is 2.69. The molecule has 0 radical (unpaired) electrons. The fourth-order valence-corrected chi connectivity index (χ4v) is 1.11. The lowest BCUT2D eigenvalue weighted by atomic mass is 10.0. The Morgan fingerprint density at radius 1 is 1.25 bits per heavy atom. The highest BCUT2D eigenvalue weighted by Crippen LogP contribution is 2.11. The smallest absolute Gasteiger partial charge is 0.336 e. The maximum absolute atomic E-state index is 10.9. The lowest BCUT2D eigenvalue weighted by Gasteiger charge is -2.00. The van der Waals surface area contributed by atoms with Gasteiger partial charge < -0.3 is 15.9 Å². The number of carbonyl (C=O) groups is 2. The number of carboxylic acid groups (broad SMARTS) is 2. The second kappa shape index (κ2) is 4.96. The highest BCUT2D eigenvalue weighted by Gasteiger charge is 2.12. The molecule has 0 aliphatic heterocycles. The van der Waals surface area contributed by atoms with Gasteiger partial charge in [0, 0.05) is 5.56 Å². The Morgan fingerprint density at radius 2 is 1.94 bits per heavy atom. The first-order chi connectivity index (χ1) is 7.56. The van der Waals surface area contributed by atoms with Crippen LogP contribution in [0.3, 0.4) is 0 Å². The molecule has 0 fully saturated rings. The summed E-state index contributed by atoms with van der Waals surface area (Å²) in [6, 6.07) is 3.73. The molecule has 5 nitrogen and oxygen atoms in total. The Morgan fingerprint density at radius 3 is 2.44 bits per heavy atom. The number of hydrogen-bond acceptors (Lipinski definition) is 3. The van der Waals surface area contributed by atoms with Gasteiger partial charge in [0.05, 0.1) is 17.7 Å². The summed E-state index contributed by atoms with van der Waals surface area (Å²) >= 11 is 0. The van der Waals surface area contributed by atoms with E-state index in [2.05, 4.69) is 11.8 Å². The number of nitrogens with two attached hydrogens (primary N) is 1. The standard InChI is InChI=1S/C11H9NO4/c12-5-1-2-7-3-4-8(10(13)14)6-9(7)11(15)16/h3-4,6H,5,12H2,(H,13,14)(H,15,16). The molecule has 0 saturated carbocycles. The summed E-state index contributed by atoms with van der Waals surface area (Å²) in [6.07, 6.45) is 0. The minimum atomic E-state index is -1.22. The van der Waals surface area contributed by atoms with Crippen LogP contribution in [0, 0.1) is 11.8 Å². The third-order valence-corrected chi connectivity index (χ3v) is 1.82. The molecule has 0 aliphatic carbocycles. The maximum atomic E-state index is 10.9. The molecule has 0 aliphatic rings. The van der Waals surface area contributed by atoms with Crippen molar-refractivity contribution in [2.75, 3.05) is 6.54 Å². The predicted molar refractivity (Wildman–Crippen MR) is 56.3 cm³/mol. The molecule has 0 spiro atoms. The molecule has 1 rings (SSSR count). The number of benzene rings is 1. The number of hydrogen-bond donors (Lipinski definition) is 3. The Kier molecular flexibility index (Phi) is 3.64. The molecular weight excluding hydrogens is 210 g/mol. The Labute approximate surface area is 91.5 Å². The monoisotopic (exact) mass is 219 g/mol. The van der Waals surface area contributed by atoms with Crippen LogP contribution in [-0.2, 0) is 0 Å². The minimum Gasteiger partial charge on any atom is -0.478 e. The second-order valence-corrected chi connectivity index (χ2v) is 2.88. The average molecular weight is 219 g/mol. The van der Waals surface area contributed by atoms with Gasteiger partial charge in [-0.1, -0.05) is 11.8 Å². The molecular formula is C11H9NO4. The summed E-state index contributed by atoms with van der Waals surface area (Å²) in [6.45, 7) is 0.111. The van der Waals surface area contributed by atoms with Gasteiger partial charge in [0.1, 0.15) is 0 Å². The molecule has 0 amide bonds. The van der Waals surface area contributed by atoms with E-state index in [1.165, 1.54) is 12.1 Å². The van der Waals surface area contributed by atoms with Gasteiger partial charge in [0.2, 0.25) is 0 Å². The van der Waals surface area contributed by atoms with E-state index in [1.807, 2.05) is 0 Å². The van der Waals surface area contributed by atoms with Gasteiger partial charge in [-0.2, -0.15) is 0 Å². The van der Waals surface area contributed by atoms with Gasteiger partial charge in [-0.25, -0.2) is 9.59 Å². The first-order valence-corrected chi connectivity index (χ1v) is 4.36. The molecule has 0 atom stereocenters. The average Bonchev–Trinajstić information content (AvgIpc) is 2.25. The van der Waals surface area contributed by atoms with E-state index < -0.39 is 11.9 Å². The molecule has 1 aromatic rings. The van der Waals surface area contributed by atoms with Crippen molar-refractivity contribution in [2.24, 2.45) is 5.73 Å². The fourth-order valence-electron chi connectivity index (χ4n) is 1.11. The predicted octanol–water partition coefficient (Wildman–Crippen LogP) is 0.393. The Bertz CT molecular complexity index is 496. The molecule has 5 heteroatoms. The first kappa shape index (κ1) is 11.8. The van der Waals surface area contributed by atoms with Gasteiger partial charge >= 0.3 is 11.9 Å². The van der Waals surface area contributed by atoms with Crippen LogP contribution < -0.4 is 5.73 Å². The quantitative estimate of drug-likeness (QED) is 0.625. The summed E-state index contributed by atoms with van der Waals surface area (Å²) in [7, 11) is 0. The third kappa shape index (κ3) is 2.59. The van der Waals surface area contributed by atoms with Crippen molar-refractivity contribution in [3.05, 3.63) is 34.9 Å². The van der Waals surface area contributed by atoms with E-state index >= 15 is 0 Å². The highest BCUT2D eigenvalue weighted by molar-refractivity contribution is 5.95. The van der Waals surface area contributed by atoms with Crippen LogP contribution in [0.25, 0.3) is 0 Å². The van der Waals surface area contributed by atoms with Crippen molar-refractivity contribution < 1.29 is 19.8 Å². The van der Waals surface area contributed by atoms with Crippen LogP contribution in [0.15, 0.2) is 18.2 Å². The van der Waals surface area contributed by atoms with Gasteiger partial charge in [-0.3, -0.25) is 0 Å². The van der Waals surface area contributed by atoms with Crippen molar-refractivity contribution in [2.45, 2.75) is 0 Å². The van der Waals surface area contributed by atoms with Crippen molar-refractivity contribution in [3.63, 3.8) is 0 Å². The van der Waals surface area contributed by atoms with E-state index in [1.54, 1.807) is 0 Å². The molecule has 0 unspecified atom stereocenters. The molecule has 0 heterocycles. The zero-order chi connectivity index (χ0) is 12.1. The lowest BCUT2D eigenvalue weighted by molar-refractivity contribution is 0.0695. The van der Waals surface area contributed by atoms with Crippen LogP contribution in [0.4, 0.5) is 0 Å². The zero-order valence-corrected chi connectivity index (χ0v) is 8.23. The summed E-state index contributed by atoms with van der Waals surface area (Å²) < 4.78 is 0. The summed E-state index contributed by atoms with van der Waals surface area (Å²) in [4.78, 5) is 21.5.